The third kappa shape index (κ3) is 3.15. The average Bonchev–Trinajstić information content (AvgIpc) is 2.72. The molecule has 1 heterocycles. The molecule has 0 aromatic carbocycles. The fourth-order valence-corrected chi connectivity index (χ4v) is 0.832. The van der Waals surface area contributed by atoms with Crippen molar-refractivity contribution in [2.24, 2.45) is 0 Å². The molecule has 0 saturated carbocycles. The molecule has 0 aliphatic heterocycles. The Morgan fingerprint density at radius 3 is 3.20 bits per heavy atom. The molecule has 0 unspecified atom stereocenters. The van der Waals surface area contributed by atoms with E-state index in [2.05, 4.69) is 20.3 Å². The highest BCUT2D eigenvalue weighted by molar-refractivity contribution is 5.93. The lowest BCUT2D eigenvalue weighted by atomic mass is 10.3. The first kappa shape index (κ1) is 10.8. The molecule has 0 bridgehead atoms. The highest BCUT2D eigenvalue weighted by atomic mass is 16.5. The Balaban J connectivity index is 2.63. The lowest BCUT2D eigenvalue weighted by Crippen LogP contribution is -2.07. The van der Waals surface area contributed by atoms with E-state index < -0.39 is 5.97 Å². The Kier molecular flexibility index (Phi) is 3.91. The summed E-state index contributed by atoms with van der Waals surface area (Å²) in [6.45, 7) is 1.91. The van der Waals surface area contributed by atoms with E-state index in [1.165, 1.54) is 6.20 Å². The fraction of sp³-hybridized carbons (Fsp3) is 0.222. The van der Waals surface area contributed by atoms with Crippen LogP contribution in [0.15, 0.2) is 24.0 Å². The summed E-state index contributed by atoms with van der Waals surface area (Å²) in [4.78, 5) is 11.2. The first-order valence-corrected chi connectivity index (χ1v) is 4.31. The predicted molar refractivity (Wildman–Crippen MR) is 52.5 cm³/mol. The van der Waals surface area contributed by atoms with Gasteiger partial charge in [-0.25, -0.2) is 4.79 Å². The van der Waals surface area contributed by atoms with E-state index in [1.807, 2.05) is 0 Å². The van der Waals surface area contributed by atoms with Gasteiger partial charge < -0.3 is 10.1 Å². The molecule has 1 rings (SSSR count). The number of rotatable bonds is 4. The summed E-state index contributed by atoms with van der Waals surface area (Å²) in [6.07, 6.45) is 2.82. The van der Waals surface area contributed by atoms with Crippen LogP contribution >= 0.6 is 0 Å². The Hall–Kier alpha value is -2.29. The molecule has 0 spiro atoms. The molecule has 0 amide bonds. The summed E-state index contributed by atoms with van der Waals surface area (Å²) in [5.74, 6) is -0.0564. The second-order valence-electron chi connectivity index (χ2n) is 2.50. The number of aromatic amines is 1. The van der Waals surface area contributed by atoms with Crippen LogP contribution < -0.4 is 5.32 Å². The van der Waals surface area contributed by atoms with Crippen molar-refractivity contribution in [3.8, 4) is 6.07 Å². The maximum Gasteiger partial charge on any atom is 0.350 e. The third-order valence-electron chi connectivity index (χ3n) is 1.49. The van der Waals surface area contributed by atoms with Crippen LogP contribution in [-0.2, 0) is 9.53 Å². The average molecular weight is 206 g/mol. The monoisotopic (exact) mass is 206 g/mol. The molecule has 0 aliphatic carbocycles. The number of hydrogen-bond acceptors (Lipinski definition) is 5. The van der Waals surface area contributed by atoms with Gasteiger partial charge >= 0.3 is 5.97 Å². The van der Waals surface area contributed by atoms with Crippen molar-refractivity contribution >= 4 is 11.8 Å². The van der Waals surface area contributed by atoms with Crippen molar-refractivity contribution in [3.05, 3.63) is 24.0 Å². The van der Waals surface area contributed by atoms with Crippen LogP contribution in [-0.4, -0.2) is 22.8 Å². The highest BCUT2D eigenvalue weighted by Gasteiger charge is 2.08. The van der Waals surface area contributed by atoms with Gasteiger partial charge in [0.1, 0.15) is 11.9 Å². The molecule has 6 heteroatoms. The van der Waals surface area contributed by atoms with Gasteiger partial charge in [-0.3, -0.25) is 5.10 Å². The van der Waals surface area contributed by atoms with Gasteiger partial charge in [-0.1, -0.05) is 0 Å². The molecule has 2 N–H and O–H groups in total. The van der Waals surface area contributed by atoms with Crippen molar-refractivity contribution in [1.82, 2.24) is 10.2 Å². The lowest BCUT2D eigenvalue weighted by Gasteiger charge is -1.99. The van der Waals surface area contributed by atoms with E-state index >= 15 is 0 Å². The third-order valence-corrected chi connectivity index (χ3v) is 1.49. The molecular weight excluding hydrogens is 196 g/mol. The first-order valence-electron chi connectivity index (χ1n) is 4.31. The van der Waals surface area contributed by atoms with Crippen molar-refractivity contribution in [3.63, 3.8) is 0 Å². The number of H-pyrrole nitrogens is 1. The SMILES string of the molecule is CCOC(=O)C(C#N)=CNc1ccn[nH]1. The topological polar surface area (TPSA) is 90.8 Å². The largest absolute Gasteiger partial charge is 0.462 e. The maximum absolute atomic E-state index is 11.2. The van der Waals surface area contributed by atoms with Gasteiger partial charge in [0.05, 0.1) is 12.8 Å². The number of anilines is 1. The smallest absolute Gasteiger partial charge is 0.350 e. The zero-order valence-corrected chi connectivity index (χ0v) is 8.15. The van der Waals surface area contributed by atoms with E-state index in [4.69, 9.17) is 5.26 Å². The van der Waals surface area contributed by atoms with Gasteiger partial charge in [0, 0.05) is 12.3 Å². The van der Waals surface area contributed by atoms with Crippen LogP contribution in [0.2, 0.25) is 0 Å². The zero-order chi connectivity index (χ0) is 11.1. The minimum Gasteiger partial charge on any atom is -0.462 e. The van der Waals surface area contributed by atoms with E-state index in [0.717, 1.165) is 0 Å². The van der Waals surface area contributed by atoms with Gasteiger partial charge in [-0.15, -0.1) is 0 Å². The van der Waals surface area contributed by atoms with Crippen molar-refractivity contribution < 1.29 is 9.53 Å². The maximum atomic E-state index is 11.2. The van der Waals surface area contributed by atoms with Crippen molar-refractivity contribution in [2.45, 2.75) is 6.92 Å². The van der Waals surface area contributed by atoms with Gasteiger partial charge in [-0.05, 0) is 6.92 Å². The summed E-state index contributed by atoms with van der Waals surface area (Å²) >= 11 is 0. The summed E-state index contributed by atoms with van der Waals surface area (Å²) in [5.41, 5.74) is -0.0912. The number of carbonyl (C=O) groups is 1. The van der Waals surface area contributed by atoms with Crippen LogP contribution in [0.4, 0.5) is 5.82 Å². The molecule has 1 aromatic heterocycles. The summed E-state index contributed by atoms with van der Waals surface area (Å²) in [6, 6.07) is 3.40. The van der Waals surface area contributed by atoms with E-state index in [0.29, 0.717) is 5.82 Å². The number of hydrogen-bond donors (Lipinski definition) is 2. The Morgan fingerprint density at radius 1 is 1.87 bits per heavy atom. The first-order chi connectivity index (χ1) is 7.27. The van der Waals surface area contributed by atoms with Crippen molar-refractivity contribution in [2.75, 3.05) is 11.9 Å². The van der Waals surface area contributed by atoms with Crippen LogP contribution in [0.3, 0.4) is 0 Å². The molecule has 0 radical (unpaired) electrons. The van der Waals surface area contributed by atoms with Gasteiger partial charge in [0.15, 0.2) is 5.57 Å². The molecule has 15 heavy (non-hydrogen) atoms. The summed E-state index contributed by atoms with van der Waals surface area (Å²) in [7, 11) is 0. The van der Waals surface area contributed by atoms with E-state index in [9.17, 15) is 4.79 Å². The Morgan fingerprint density at radius 2 is 2.67 bits per heavy atom. The minimum absolute atomic E-state index is 0.0912. The summed E-state index contributed by atoms with van der Waals surface area (Å²) in [5, 5.41) is 17.7. The number of esters is 1. The number of nitrogens with zero attached hydrogens (tertiary/aromatic N) is 2. The number of ether oxygens (including phenoxy) is 1. The normalized spacial score (nSPS) is 10.5. The van der Waals surface area contributed by atoms with Crippen LogP contribution in [0.5, 0.6) is 0 Å². The molecule has 0 atom stereocenters. The highest BCUT2D eigenvalue weighted by Crippen LogP contribution is 2.01. The second-order valence-corrected chi connectivity index (χ2v) is 2.50. The number of nitriles is 1. The predicted octanol–water partition coefficient (Wildman–Crippen LogP) is 0.792. The van der Waals surface area contributed by atoms with Gasteiger partial charge in [0.2, 0.25) is 0 Å². The second kappa shape index (κ2) is 5.44. The van der Waals surface area contributed by atoms with Gasteiger partial charge in [-0.2, -0.15) is 10.4 Å². The Bertz CT molecular complexity index is 389. The Labute approximate surface area is 86.5 Å². The van der Waals surface area contributed by atoms with Crippen LogP contribution in [0.1, 0.15) is 6.92 Å². The fourth-order valence-electron chi connectivity index (χ4n) is 0.832. The standard InChI is InChI=1S/C9H10N4O2/c1-2-15-9(14)7(5-10)6-11-8-3-4-12-13-8/h3-4,6H,2H2,1H3,(H2,11,12,13). The lowest BCUT2D eigenvalue weighted by molar-refractivity contribution is -0.138. The molecule has 1 aromatic rings. The van der Waals surface area contributed by atoms with Crippen molar-refractivity contribution in [1.29, 1.82) is 5.26 Å². The van der Waals surface area contributed by atoms with E-state index in [-0.39, 0.29) is 12.2 Å². The number of carbonyl (C=O) groups excluding carboxylic acids is 1. The molecule has 0 fully saturated rings. The molecular formula is C9H10N4O2. The molecule has 78 valence electrons. The number of aromatic nitrogens is 2. The van der Waals surface area contributed by atoms with Crippen LogP contribution in [0, 0.1) is 11.3 Å². The molecule has 0 aliphatic rings. The molecule has 0 saturated heterocycles. The minimum atomic E-state index is -0.646. The zero-order valence-electron chi connectivity index (χ0n) is 8.15. The van der Waals surface area contributed by atoms with E-state index in [1.54, 1.807) is 25.3 Å². The quantitative estimate of drug-likeness (QED) is 0.432. The summed E-state index contributed by atoms with van der Waals surface area (Å²) < 4.78 is 4.67. The van der Waals surface area contributed by atoms with Gasteiger partial charge in [0.25, 0.3) is 0 Å². The van der Waals surface area contributed by atoms with Crippen LogP contribution in [0.25, 0.3) is 0 Å². The number of nitrogens with one attached hydrogen (secondary N) is 2. The molecule has 6 nitrogen and oxygen atoms in total.